The van der Waals surface area contributed by atoms with Gasteiger partial charge in [0.25, 0.3) is 0 Å². The van der Waals surface area contributed by atoms with Gasteiger partial charge in [-0.2, -0.15) is 5.26 Å². The normalized spacial score (nSPS) is 15.1. The van der Waals surface area contributed by atoms with E-state index in [2.05, 4.69) is 10.3 Å². The van der Waals surface area contributed by atoms with E-state index in [9.17, 15) is 9.59 Å². The summed E-state index contributed by atoms with van der Waals surface area (Å²) in [6.45, 7) is 3.44. The Labute approximate surface area is 149 Å². The highest BCUT2D eigenvalue weighted by Crippen LogP contribution is 2.37. The molecule has 126 valence electrons. The molecule has 0 spiro atoms. The highest BCUT2D eigenvalue weighted by atomic mass is 32.2. The average molecular weight is 352 g/mol. The summed E-state index contributed by atoms with van der Waals surface area (Å²) in [5.41, 5.74) is 0.799. The number of hydrogen-bond donors (Lipinski definition) is 1. The summed E-state index contributed by atoms with van der Waals surface area (Å²) in [5.74, 6) is -0.303. The molecule has 2 amide bonds. The predicted molar refractivity (Wildman–Crippen MR) is 96.3 cm³/mol. The number of thioether (sulfide) groups is 1. The van der Waals surface area contributed by atoms with Gasteiger partial charge in [0.2, 0.25) is 11.8 Å². The minimum atomic E-state index is -0.992. The highest BCUT2D eigenvalue weighted by Gasteiger charge is 2.43. The third kappa shape index (κ3) is 3.21. The Morgan fingerprint density at radius 2 is 2.12 bits per heavy atom. The van der Waals surface area contributed by atoms with E-state index in [4.69, 9.17) is 5.26 Å². The van der Waals surface area contributed by atoms with Crippen LogP contribution in [-0.2, 0) is 9.59 Å². The summed E-state index contributed by atoms with van der Waals surface area (Å²) in [7, 11) is 0. The number of nitrogens with one attached hydrogen (secondary N) is 1. The molecule has 1 N–H and O–H groups in total. The molecular formula is C18H16N4O2S. The molecule has 2 heterocycles. The lowest BCUT2D eigenvalue weighted by atomic mass is 9.96. The molecule has 0 aliphatic carbocycles. The molecular weight excluding hydrogens is 336 g/mol. The van der Waals surface area contributed by atoms with Crippen molar-refractivity contribution >= 4 is 35.0 Å². The van der Waals surface area contributed by atoms with Crippen molar-refractivity contribution in [2.24, 2.45) is 0 Å². The molecule has 1 aliphatic heterocycles. The van der Waals surface area contributed by atoms with Gasteiger partial charge >= 0.3 is 0 Å². The molecule has 25 heavy (non-hydrogen) atoms. The lowest BCUT2D eigenvalue weighted by Gasteiger charge is -2.42. The number of benzene rings is 1. The largest absolute Gasteiger partial charge is 0.322 e. The van der Waals surface area contributed by atoms with Crippen molar-refractivity contribution in [1.29, 1.82) is 5.26 Å². The van der Waals surface area contributed by atoms with Crippen molar-refractivity contribution in [3.63, 3.8) is 0 Å². The molecule has 1 aromatic heterocycles. The van der Waals surface area contributed by atoms with Crippen LogP contribution in [0.3, 0.4) is 0 Å². The van der Waals surface area contributed by atoms with Gasteiger partial charge in [0.1, 0.15) is 5.54 Å². The second-order valence-corrected chi connectivity index (χ2v) is 7.04. The summed E-state index contributed by atoms with van der Waals surface area (Å²) >= 11 is 1.24. The van der Waals surface area contributed by atoms with Crippen LogP contribution in [0.2, 0.25) is 0 Å². The van der Waals surface area contributed by atoms with Gasteiger partial charge in [0.05, 0.1) is 33.8 Å². The number of fused-ring (bicyclic) bond motifs is 1. The number of anilines is 2. The number of amides is 2. The molecule has 0 fully saturated rings. The molecule has 7 heteroatoms. The molecule has 0 saturated carbocycles. The topological polar surface area (TPSA) is 86.1 Å². The molecule has 1 aliphatic rings. The second-order valence-electron chi connectivity index (χ2n) is 6.04. The number of para-hydroxylation sites is 2. The average Bonchev–Trinajstić information content (AvgIpc) is 2.61. The first-order valence-corrected chi connectivity index (χ1v) is 8.64. The van der Waals surface area contributed by atoms with Crippen LogP contribution in [0.25, 0.3) is 0 Å². The van der Waals surface area contributed by atoms with Crippen molar-refractivity contribution in [3.05, 3.63) is 48.2 Å². The van der Waals surface area contributed by atoms with Gasteiger partial charge in [-0.05, 0) is 38.1 Å². The lowest BCUT2D eigenvalue weighted by molar-refractivity contribution is -0.125. The first-order valence-electron chi connectivity index (χ1n) is 7.66. The van der Waals surface area contributed by atoms with Crippen LogP contribution in [0.1, 0.15) is 19.4 Å². The molecule has 0 unspecified atom stereocenters. The molecule has 0 saturated heterocycles. The molecule has 3 rings (SSSR count). The fourth-order valence-corrected chi connectivity index (χ4v) is 3.40. The number of hydrogen-bond acceptors (Lipinski definition) is 5. The second kappa shape index (κ2) is 6.57. The van der Waals surface area contributed by atoms with Crippen molar-refractivity contribution < 1.29 is 9.59 Å². The van der Waals surface area contributed by atoms with E-state index < -0.39 is 5.54 Å². The molecule has 0 radical (unpaired) electrons. The summed E-state index contributed by atoms with van der Waals surface area (Å²) in [6.07, 6.45) is 1.54. The van der Waals surface area contributed by atoms with Crippen molar-refractivity contribution in [2.75, 3.05) is 16.0 Å². The van der Waals surface area contributed by atoms with Gasteiger partial charge < -0.3 is 5.32 Å². The molecule has 6 nitrogen and oxygen atoms in total. The van der Waals surface area contributed by atoms with Crippen LogP contribution >= 0.6 is 11.8 Å². The first-order chi connectivity index (χ1) is 11.9. The summed E-state index contributed by atoms with van der Waals surface area (Å²) < 4.78 is 0. The molecule has 0 bridgehead atoms. The van der Waals surface area contributed by atoms with Gasteiger partial charge in [0, 0.05) is 6.20 Å². The number of carbonyl (C=O) groups excluding carboxylic acids is 2. The minimum Gasteiger partial charge on any atom is -0.322 e. The predicted octanol–water partition coefficient (Wildman–Crippen LogP) is 2.81. The number of carbonyl (C=O) groups is 2. The van der Waals surface area contributed by atoms with Crippen LogP contribution in [0, 0.1) is 11.3 Å². The smallest absolute Gasteiger partial charge is 0.250 e. The van der Waals surface area contributed by atoms with Crippen LogP contribution in [0.4, 0.5) is 11.4 Å². The zero-order chi connectivity index (χ0) is 18.0. The fourth-order valence-electron chi connectivity index (χ4n) is 2.66. The van der Waals surface area contributed by atoms with E-state index in [0.29, 0.717) is 22.0 Å². The lowest BCUT2D eigenvalue weighted by Crippen LogP contribution is -2.58. The van der Waals surface area contributed by atoms with E-state index in [1.165, 1.54) is 16.7 Å². The SMILES string of the molecule is CC1(C)C(=O)Nc2ccccc2N1C(=O)CSc1cc(C#N)ccn1. The van der Waals surface area contributed by atoms with Crippen molar-refractivity contribution in [3.8, 4) is 6.07 Å². The van der Waals surface area contributed by atoms with Crippen LogP contribution in [-0.4, -0.2) is 28.1 Å². The van der Waals surface area contributed by atoms with Gasteiger partial charge in [-0.15, -0.1) is 0 Å². The Bertz CT molecular complexity index is 889. The Hall–Kier alpha value is -2.85. The zero-order valence-electron chi connectivity index (χ0n) is 13.8. The number of rotatable bonds is 3. The number of pyridine rings is 1. The van der Waals surface area contributed by atoms with Crippen molar-refractivity contribution in [1.82, 2.24) is 4.98 Å². The molecule has 1 aromatic carbocycles. The highest BCUT2D eigenvalue weighted by molar-refractivity contribution is 7.99. The summed E-state index contributed by atoms with van der Waals surface area (Å²) in [5, 5.41) is 12.4. The summed E-state index contributed by atoms with van der Waals surface area (Å²) in [4.78, 5) is 31.0. The third-order valence-corrected chi connectivity index (χ3v) is 4.88. The number of nitriles is 1. The van der Waals surface area contributed by atoms with Gasteiger partial charge in [0.15, 0.2) is 0 Å². The van der Waals surface area contributed by atoms with E-state index in [0.717, 1.165) is 0 Å². The van der Waals surface area contributed by atoms with E-state index in [1.807, 2.05) is 24.3 Å². The van der Waals surface area contributed by atoms with E-state index in [-0.39, 0.29) is 17.6 Å². The third-order valence-electron chi connectivity index (χ3n) is 3.96. The van der Waals surface area contributed by atoms with Crippen LogP contribution in [0.15, 0.2) is 47.6 Å². The van der Waals surface area contributed by atoms with Crippen molar-refractivity contribution in [2.45, 2.75) is 24.4 Å². The number of aromatic nitrogens is 1. The van der Waals surface area contributed by atoms with Crippen LogP contribution < -0.4 is 10.2 Å². The maximum absolute atomic E-state index is 12.9. The fraction of sp³-hybridized carbons (Fsp3) is 0.222. The molecule has 2 aromatic rings. The number of nitrogens with zero attached hydrogens (tertiary/aromatic N) is 3. The van der Waals surface area contributed by atoms with E-state index in [1.54, 1.807) is 38.2 Å². The van der Waals surface area contributed by atoms with Gasteiger partial charge in [-0.1, -0.05) is 23.9 Å². The quantitative estimate of drug-likeness (QED) is 0.859. The Balaban J connectivity index is 1.85. The van der Waals surface area contributed by atoms with Gasteiger partial charge in [-0.3, -0.25) is 14.5 Å². The monoisotopic (exact) mass is 352 g/mol. The maximum Gasteiger partial charge on any atom is 0.250 e. The Morgan fingerprint density at radius 3 is 2.88 bits per heavy atom. The minimum absolute atomic E-state index is 0.118. The van der Waals surface area contributed by atoms with Crippen LogP contribution in [0.5, 0.6) is 0 Å². The zero-order valence-corrected chi connectivity index (χ0v) is 14.6. The Morgan fingerprint density at radius 1 is 1.36 bits per heavy atom. The van der Waals surface area contributed by atoms with E-state index >= 15 is 0 Å². The summed E-state index contributed by atoms with van der Waals surface area (Å²) in [6, 6.07) is 12.5. The maximum atomic E-state index is 12.9. The van der Waals surface area contributed by atoms with Gasteiger partial charge in [-0.25, -0.2) is 4.98 Å². The Kier molecular flexibility index (Phi) is 4.47. The standard InChI is InChI=1S/C18H16N4O2S/c1-18(2)17(24)21-13-5-3-4-6-14(13)22(18)16(23)11-25-15-9-12(10-19)7-8-20-15/h3-9H,11H2,1-2H3,(H,21,24). The first kappa shape index (κ1) is 17.0. The molecule has 0 atom stereocenters.